The Labute approximate surface area is 182 Å². The molecule has 32 heavy (non-hydrogen) atoms. The van der Waals surface area contributed by atoms with Gasteiger partial charge in [-0.1, -0.05) is 29.4 Å². The Hall–Kier alpha value is -2.99. The summed E-state index contributed by atoms with van der Waals surface area (Å²) in [6, 6.07) is 7.46. The number of nitrogens with one attached hydrogen (secondary N) is 1. The van der Waals surface area contributed by atoms with Crippen molar-refractivity contribution in [3.05, 3.63) is 53.9 Å². The molecule has 0 saturated carbocycles. The molecular formula is C20H20F3N3O5S. The quantitative estimate of drug-likeness (QED) is 0.494. The first-order valence-corrected chi connectivity index (χ1v) is 11.2. The SMILES string of the molecule is CC(CC1CC(c2ccc(-c3ccncc3C(F)(F)F)cc2)=NO1)(C(=O)NO)S(C)(=O)=O. The van der Waals surface area contributed by atoms with Crippen molar-refractivity contribution >= 4 is 21.5 Å². The lowest BCUT2D eigenvalue weighted by Gasteiger charge is -2.26. The number of rotatable bonds is 6. The highest BCUT2D eigenvalue weighted by Crippen LogP contribution is 2.36. The normalized spacial score (nSPS) is 18.4. The van der Waals surface area contributed by atoms with Crippen molar-refractivity contribution in [2.45, 2.75) is 36.8 Å². The lowest BCUT2D eigenvalue weighted by molar-refractivity contribution is -0.137. The van der Waals surface area contributed by atoms with Crippen LogP contribution in [0.3, 0.4) is 0 Å². The number of hydrogen-bond acceptors (Lipinski definition) is 7. The number of amides is 1. The van der Waals surface area contributed by atoms with Crippen LogP contribution < -0.4 is 5.48 Å². The van der Waals surface area contributed by atoms with Gasteiger partial charge in [0.05, 0.1) is 11.3 Å². The van der Waals surface area contributed by atoms with Gasteiger partial charge in [-0.25, -0.2) is 13.9 Å². The maximum atomic E-state index is 13.2. The van der Waals surface area contributed by atoms with Crippen molar-refractivity contribution in [1.29, 1.82) is 0 Å². The summed E-state index contributed by atoms with van der Waals surface area (Å²) in [5.74, 6) is -1.08. The minimum Gasteiger partial charge on any atom is -0.392 e. The molecule has 2 heterocycles. The number of aromatic nitrogens is 1. The summed E-state index contributed by atoms with van der Waals surface area (Å²) in [6.07, 6.45) is -2.46. The molecule has 0 fully saturated rings. The molecule has 0 spiro atoms. The Bertz CT molecular complexity index is 1150. The first kappa shape index (κ1) is 23.7. The lowest BCUT2D eigenvalue weighted by atomic mass is 9.95. The standard InChI is InChI=1S/C20H20F3N3O5S/c1-19(18(27)25-28,32(2,29)30)10-14-9-17(26-31-14)13-5-3-12(4-6-13)15-7-8-24-11-16(15)20(21,22)23/h3-8,11,14,28H,9-10H2,1-2H3,(H,25,27). The number of oxime groups is 1. The monoisotopic (exact) mass is 471 g/mol. The average Bonchev–Trinajstić information content (AvgIpc) is 3.20. The molecule has 8 nitrogen and oxygen atoms in total. The highest BCUT2D eigenvalue weighted by molar-refractivity contribution is 7.92. The molecule has 2 unspecified atom stereocenters. The van der Waals surface area contributed by atoms with E-state index in [1.165, 1.54) is 36.8 Å². The van der Waals surface area contributed by atoms with Gasteiger partial charge in [0, 0.05) is 31.5 Å². The first-order valence-electron chi connectivity index (χ1n) is 9.35. The number of carbonyl (C=O) groups excluding carboxylic acids is 1. The number of benzene rings is 1. The van der Waals surface area contributed by atoms with Gasteiger partial charge in [-0.05, 0) is 29.7 Å². The van der Waals surface area contributed by atoms with Crippen LogP contribution in [0.25, 0.3) is 11.1 Å². The second-order valence-electron chi connectivity index (χ2n) is 7.61. The van der Waals surface area contributed by atoms with Crippen molar-refractivity contribution in [1.82, 2.24) is 10.5 Å². The van der Waals surface area contributed by atoms with Crippen LogP contribution >= 0.6 is 0 Å². The van der Waals surface area contributed by atoms with Gasteiger partial charge < -0.3 is 4.84 Å². The molecule has 3 rings (SSSR count). The Morgan fingerprint density at radius 2 is 1.84 bits per heavy atom. The molecule has 1 aromatic heterocycles. The van der Waals surface area contributed by atoms with E-state index >= 15 is 0 Å². The third kappa shape index (κ3) is 4.60. The van der Waals surface area contributed by atoms with E-state index in [1.54, 1.807) is 12.1 Å². The summed E-state index contributed by atoms with van der Waals surface area (Å²) in [5, 5.41) is 12.9. The maximum absolute atomic E-state index is 13.2. The second kappa shape index (κ2) is 8.51. The first-order chi connectivity index (χ1) is 14.9. The van der Waals surface area contributed by atoms with E-state index in [1.807, 2.05) is 0 Å². The van der Waals surface area contributed by atoms with E-state index in [0.29, 0.717) is 16.8 Å². The van der Waals surface area contributed by atoms with Crippen LogP contribution in [0.2, 0.25) is 0 Å². The smallest absolute Gasteiger partial charge is 0.392 e. The van der Waals surface area contributed by atoms with E-state index in [-0.39, 0.29) is 18.4 Å². The fourth-order valence-electron chi connectivity index (χ4n) is 3.39. The Morgan fingerprint density at radius 3 is 2.41 bits per heavy atom. The molecular weight excluding hydrogens is 451 g/mol. The number of hydroxylamine groups is 1. The van der Waals surface area contributed by atoms with E-state index < -0.39 is 38.3 Å². The third-order valence-electron chi connectivity index (χ3n) is 5.41. The zero-order chi connectivity index (χ0) is 23.7. The topological polar surface area (TPSA) is 118 Å². The van der Waals surface area contributed by atoms with Crippen molar-refractivity contribution in [2.24, 2.45) is 5.16 Å². The molecule has 1 amide bonds. The summed E-state index contributed by atoms with van der Waals surface area (Å²) in [4.78, 5) is 20.8. The number of carbonyl (C=O) groups is 1. The number of pyridine rings is 1. The fourth-order valence-corrected chi connectivity index (χ4v) is 4.26. The molecule has 12 heteroatoms. The number of sulfone groups is 1. The number of hydrogen-bond donors (Lipinski definition) is 2. The summed E-state index contributed by atoms with van der Waals surface area (Å²) in [5.41, 5.74) is 1.87. The molecule has 0 aliphatic carbocycles. The Morgan fingerprint density at radius 1 is 1.22 bits per heavy atom. The summed E-state index contributed by atoms with van der Waals surface area (Å²) >= 11 is 0. The molecule has 1 aliphatic rings. The third-order valence-corrected chi connectivity index (χ3v) is 7.39. The van der Waals surface area contributed by atoms with Crippen molar-refractivity contribution in [3.8, 4) is 11.1 Å². The predicted molar refractivity (Wildman–Crippen MR) is 108 cm³/mol. The number of alkyl halides is 3. The van der Waals surface area contributed by atoms with Gasteiger partial charge >= 0.3 is 6.18 Å². The minimum atomic E-state index is -4.55. The number of halogens is 3. The molecule has 1 aliphatic heterocycles. The number of nitrogens with zero attached hydrogens (tertiary/aromatic N) is 2. The van der Waals surface area contributed by atoms with Gasteiger partial charge in [-0.2, -0.15) is 13.2 Å². The van der Waals surface area contributed by atoms with E-state index in [2.05, 4.69) is 10.1 Å². The fraction of sp³-hybridized carbons (Fsp3) is 0.350. The zero-order valence-corrected chi connectivity index (χ0v) is 17.9. The molecule has 0 bridgehead atoms. The average molecular weight is 471 g/mol. The van der Waals surface area contributed by atoms with Crippen LogP contribution in [0.1, 0.15) is 30.9 Å². The van der Waals surface area contributed by atoms with E-state index in [4.69, 9.17) is 10.0 Å². The minimum absolute atomic E-state index is 0.0135. The molecule has 2 aromatic rings. The largest absolute Gasteiger partial charge is 0.418 e. The molecule has 172 valence electrons. The van der Waals surface area contributed by atoms with Crippen LogP contribution in [0.15, 0.2) is 47.9 Å². The van der Waals surface area contributed by atoms with E-state index in [0.717, 1.165) is 12.5 Å². The maximum Gasteiger partial charge on any atom is 0.418 e. The van der Waals surface area contributed by atoms with Gasteiger partial charge in [0.1, 0.15) is 6.10 Å². The van der Waals surface area contributed by atoms with Gasteiger partial charge in [-0.3, -0.25) is 15.0 Å². The van der Waals surface area contributed by atoms with Crippen LogP contribution in [0.4, 0.5) is 13.2 Å². The summed E-state index contributed by atoms with van der Waals surface area (Å²) in [7, 11) is -3.90. The molecule has 2 N–H and O–H groups in total. The summed E-state index contributed by atoms with van der Waals surface area (Å²) in [6.45, 7) is 1.18. The highest BCUT2D eigenvalue weighted by atomic mass is 32.2. The molecule has 1 aromatic carbocycles. The van der Waals surface area contributed by atoms with Gasteiger partial charge in [0.2, 0.25) is 0 Å². The van der Waals surface area contributed by atoms with Crippen LogP contribution in [0.5, 0.6) is 0 Å². The predicted octanol–water partition coefficient (Wildman–Crippen LogP) is 2.96. The van der Waals surface area contributed by atoms with Crippen LogP contribution in [0, 0.1) is 0 Å². The molecule has 0 saturated heterocycles. The van der Waals surface area contributed by atoms with Crippen LogP contribution in [-0.2, 0) is 25.6 Å². The van der Waals surface area contributed by atoms with Gasteiger partial charge in [-0.15, -0.1) is 0 Å². The lowest BCUT2D eigenvalue weighted by Crippen LogP contribution is -2.51. The van der Waals surface area contributed by atoms with Crippen molar-refractivity contribution < 1.29 is 36.4 Å². The molecule has 2 atom stereocenters. The zero-order valence-electron chi connectivity index (χ0n) is 17.0. The van der Waals surface area contributed by atoms with Crippen molar-refractivity contribution in [2.75, 3.05) is 6.26 Å². The Balaban J connectivity index is 1.78. The summed E-state index contributed by atoms with van der Waals surface area (Å²) < 4.78 is 62.0. The Kier molecular flexibility index (Phi) is 6.29. The van der Waals surface area contributed by atoms with Gasteiger partial charge in [0.25, 0.3) is 5.91 Å². The molecule has 0 radical (unpaired) electrons. The van der Waals surface area contributed by atoms with Crippen LogP contribution in [-0.4, -0.2) is 47.3 Å². The van der Waals surface area contributed by atoms with E-state index in [9.17, 15) is 26.4 Å². The highest BCUT2D eigenvalue weighted by Gasteiger charge is 2.47. The van der Waals surface area contributed by atoms with Crippen molar-refractivity contribution in [3.63, 3.8) is 0 Å². The second-order valence-corrected chi connectivity index (χ2v) is 10.1. The van der Waals surface area contributed by atoms with Gasteiger partial charge in [0.15, 0.2) is 14.6 Å².